The van der Waals surface area contributed by atoms with Crippen LogP contribution in [0.3, 0.4) is 0 Å². The maximum Gasteiger partial charge on any atom is 0.251 e. The second-order valence-corrected chi connectivity index (χ2v) is 7.04. The molecule has 2 aliphatic rings. The number of fused-ring (bicyclic) bond motifs is 2. The molecule has 0 spiro atoms. The fraction of sp³-hybridized carbons (Fsp3) is 0.238. The molecule has 0 fully saturated rings. The molecule has 0 saturated carbocycles. The highest BCUT2D eigenvalue weighted by molar-refractivity contribution is 5.95. The molecule has 1 aliphatic heterocycles. The predicted octanol–water partition coefficient (Wildman–Crippen LogP) is 3.69. The van der Waals surface area contributed by atoms with Gasteiger partial charge in [-0.1, -0.05) is 0 Å². The maximum atomic E-state index is 14.2. The van der Waals surface area contributed by atoms with Crippen molar-refractivity contribution in [3.05, 3.63) is 71.1 Å². The standard InChI is InChI=1S/C21H17F2N3O3/c22-13-5-6-18(15(23)9-13)26-17-3-1-2-16(14(17)10-24-26)25-21(27)12-4-7-19-20(8-12)29-11-28-19/h4-10,16H,1-3,11H2,(H,25,27). The van der Waals surface area contributed by atoms with E-state index in [-0.39, 0.29) is 24.4 Å². The molecule has 1 aliphatic carbocycles. The van der Waals surface area contributed by atoms with Crippen LogP contribution < -0.4 is 14.8 Å². The molecule has 0 bridgehead atoms. The maximum absolute atomic E-state index is 14.2. The molecule has 1 unspecified atom stereocenters. The van der Waals surface area contributed by atoms with Gasteiger partial charge in [0.1, 0.15) is 11.5 Å². The van der Waals surface area contributed by atoms with Crippen LogP contribution in [0.2, 0.25) is 0 Å². The number of aromatic nitrogens is 2. The SMILES string of the molecule is O=C(NC1CCCc2c1cnn2-c1ccc(F)cc1F)c1ccc2c(c1)OCO2. The first-order valence-electron chi connectivity index (χ1n) is 9.33. The highest BCUT2D eigenvalue weighted by Gasteiger charge is 2.27. The average Bonchev–Trinajstić information content (AvgIpc) is 3.35. The van der Waals surface area contributed by atoms with Gasteiger partial charge in [-0.2, -0.15) is 5.10 Å². The number of benzene rings is 2. The number of ether oxygens (including phenoxy) is 2. The van der Waals surface area contributed by atoms with Gasteiger partial charge in [-0.25, -0.2) is 13.5 Å². The third-order valence-corrected chi connectivity index (χ3v) is 5.26. The van der Waals surface area contributed by atoms with E-state index in [1.54, 1.807) is 24.4 Å². The number of hydrogen-bond acceptors (Lipinski definition) is 4. The Labute approximate surface area is 165 Å². The first-order chi connectivity index (χ1) is 14.1. The average molecular weight is 397 g/mol. The van der Waals surface area contributed by atoms with E-state index in [0.717, 1.165) is 30.2 Å². The minimum absolute atomic E-state index is 0.144. The molecule has 29 heavy (non-hydrogen) atoms. The van der Waals surface area contributed by atoms with Crippen molar-refractivity contribution >= 4 is 5.91 Å². The monoisotopic (exact) mass is 397 g/mol. The molecule has 2 heterocycles. The van der Waals surface area contributed by atoms with Crippen molar-refractivity contribution in [3.63, 3.8) is 0 Å². The van der Waals surface area contributed by atoms with Crippen LogP contribution >= 0.6 is 0 Å². The summed E-state index contributed by atoms with van der Waals surface area (Å²) >= 11 is 0. The summed E-state index contributed by atoms with van der Waals surface area (Å²) in [7, 11) is 0. The number of amides is 1. The van der Waals surface area contributed by atoms with Crippen LogP contribution in [0.1, 0.15) is 40.5 Å². The van der Waals surface area contributed by atoms with E-state index >= 15 is 0 Å². The van der Waals surface area contributed by atoms with Gasteiger partial charge in [0.15, 0.2) is 17.3 Å². The lowest BCUT2D eigenvalue weighted by Crippen LogP contribution is -2.31. The van der Waals surface area contributed by atoms with Crippen LogP contribution in [0.5, 0.6) is 11.5 Å². The molecule has 1 N–H and O–H groups in total. The minimum Gasteiger partial charge on any atom is -0.454 e. The third kappa shape index (κ3) is 3.10. The van der Waals surface area contributed by atoms with E-state index in [1.807, 2.05) is 0 Å². The predicted molar refractivity (Wildman–Crippen MR) is 99.2 cm³/mol. The molecule has 0 radical (unpaired) electrons. The quantitative estimate of drug-likeness (QED) is 0.732. The van der Waals surface area contributed by atoms with Crippen molar-refractivity contribution in [1.82, 2.24) is 15.1 Å². The third-order valence-electron chi connectivity index (χ3n) is 5.26. The van der Waals surface area contributed by atoms with Crippen LogP contribution in [0.4, 0.5) is 8.78 Å². The topological polar surface area (TPSA) is 65.4 Å². The molecule has 0 saturated heterocycles. The fourth-order valence-corrected chi connectivity index (χ4v) is 3.85. The van der Waals surface area contributed by atoms with Gasteiger partial charge in [-0.3, -0.25) is 4.79 Å². The highest BCUT2D eigenvalue weighted by Crippen LogP contribution is 2.34. The van der Waals surface area contributed by atoms with Crippen LogP contribution in [0, 0.1) is 11.6 Å². The summed E-state index contributed by atoms with van der Waals surface area (Å²) in [6, 6.07) is 8.21. The van der Waals surface area contributed by atoms with Crippen LogP contribution in [-0.2, 0) is 6.42 Å². The van der Waals surface area contributed by atoms with Gasteiger partial charge < -0.3 is 14.8 Å². The van der Waals surface area contributed by atoms with Crippen molar-refractivity contribution in [2.24, 2.45) is 0 Å². The molecule has 1 atom stereocenters. The highest BCUT2D eigenvalue weighted by atomic mass is 19.1. The van der Waals surface area contributed by atoms with Gasteiger partial charge >= 0.3 is 0 Å². The summed E-state index contributed by atoms with van der Waals surface area (Å²) in [4.78, 5) is 12.8. The Morgan fingerprint density at radius 1 is 1.14 bits per heavy atom. The minimum atomic E-state index is -0.678. The molecule has 1 amide bonds. The number of hydrogen-bond donors (Lipinski definition) is 1. The molecule has 5 rings (SSSR count). The molecule has 1 aromatic heterocycles. The zero-order chi connectivity index (χ0) is 20.0. The Balaban J connectivity index is 1.41. The first-order valence-corrected chi connectivity index (χ1v) is 9.33. The zero-order valence-corrected chi connectivity index (χ0v) is 15.3. The molecule has 2 aromatic carbocycles. The molecule has 148 valence electrons. The second kappa shape index (κ2) is 6.88. The van der Waals surface area contributed by atoms with E-state index in [9.17, 15) is 13.6 Å². The largest absolute Gasteiger partial charge is 0.454 e. The van der Waals surface area contributed by atoms with E-state index in [4.69, 9.17) is 9.47 Å². The Hall–Kier alpha value is -3.42. The van der Waals surface area contributed by atoms with E-state index in [1.165, 1.54) is 16.8 Å². The number of nitrogens with zero attached hydrogens (tertiary/aromatic N) is 2. The molecule has 6 nitrogen and oxygen atoms in total. The Morgan fingerprint density at radius 3 is 2.86 bits per heavy atom. The number of carbonyl (C=O) groups is 1. The lowest BCUT2D eigenvalue weighted by atomic mass is 9.92. The summed E-state index contributed by atoms with van der Waals surface area (Å²) < 4.78 is 39.6. The molecular formula is C21H17F2N3O3. The van der Waals surface area contributed by atoms with Crippen LogP contribution in [0.25, 0.3) is 5.69 Å². The van der Waals surface area contributed by atoms with Gasteiger partial charge in [-0.05, 0) is 49.6 Å². The lowest BCUT2D eigenvalue weighted by molar-refractivity contribution is 0.0932. The molecular weight excluding hydrogens is 380 g/mol. The van der Waals surface area contributed by atoms with Gasteiger partial charge in [0.25, 0.3) is 5.91 Å². The summed E-state index contributed by atoms with van der Waals surface area (Å²) in [5.74, 6) is -0.392. The fourth-order valence-electron chi connectivity index (χ4n) is 3.85. The van der Waals surface area contributed by atoms with Crippen molar-refractivity contribution in [3.8, 4) is 17.2 Å². The van der Waals surface area contributed by atoms with E-state index in [0.29, 0.717) is 23.5 Å². The Kier molecular flexibility index (Phi) is 4.19. The summed E-state index contributed by atoms with van der Waals surface area (Å²) in [5.41, 5.74) is 2.32. The van der Waals surface area contributed by atoms with Crippen molar-refractivity contribution in [1.29, 1.82) is 0 Å². The van der Waals surface area contributed by atoms with Crippen LogP contribution in [-0.4, -0.2) is 22.5 Å². The summed E-state index contributed by atoms with van der Waals surface area (Å²) in [6.45, 7) is 0.144. The van der Waals surface area contributed by atoms with E-state index in [2.05, 4.69) is 10.4 Å². The smallest absolute Gasteiger partial charge is 0.251 e. The first kappa shape index (κ1) is 17.7. The van der Waals surface area contributed by atoms with Gasteiger partial charge in [-0.15, -0.1) is 0 Å². The van der Waals surface area contributed by atoms with Crippen molar-refractivity contribution in [2.75, 3.05) is 6.79 Å². The molecule has 8 heteroatoms. The summed E-state index contributed by atoms with van der Waals surface area (Å²) in [5, 5.41) is 7.33. The number of nitrogens with one attached hydrogen (secondary N) is 1. The number of rotatable bonds is 3. The second-order valence-electron chi connectivity index (χ2n) is 7.04. The van der Waals surface area contributed by atoms with Gasteiger partial charge in [0, 0.05) is 22.9 Å². The number of carbonyl (C=O) groups excluding carboxylic acids is 1. The Bertz CT molecular complexity index is 1110. The van der Waals surface area contributed by atoms with Crippen molar-refractivity contribution < 1.29 is 23.0 Å². The van der Waals surface area contributed by atoms with Crippen LogP contribution in [0.15, 0.2) is 42.6 Å². The van der Waals surface area contributed by atoms with Gasteiger partial charge in [0.05, 0.1) is 12.2 Å². The normalized spacial score (nSPS) is 17.1. The lowest BCUT2D eigenvalue weighted by Gasteiger charge is -2.24. The summed E-state index contributed by atoms with van der Waals surface area (Å²) in [6.07, 6.45) is 3.90. The Morgan fingerprint density at radius 2 is 2.00 bits per heavy atom. The van der Waals surface area contributed by atoms with E-state index < -0.39 is 11.6 Å². The zero-order valence-electron chi connectivity index (χ0n) is 15.3. The van der Waals surface area contributed by atoms with Gasteiger partial charge in [0.2, 0.25) is 6.79 Å². The molecule has 3 aromatic rings. The number of halogens is 2. The van der Waals surface area contributed by atoms with Crippen molar-refractivity contribution in [2.45, 2.75) is 25.3 Å².